The van der Waals surface area contributed by atoms with Crippen LogP contribution in [0.25, 0.3) is 0 Å². The number of thiocarbonyl (C=S) groups is 1. The quantitative estimate of drug-likeness (QED) is 0.828. The van der Waals surface area contributed by atoms with Crippen molar-refractivity contribution < 1.29 is 13.2 Å². The van der Waals surface area contributed by atoms with E-state index >= 15 is 0 Å². The Kier molecular flexibility index (Phi) is 5.14. The molecule has 112 valence electrons. The average molecular weight is 334 g/mol. The lowest BCUT2D eigenvalue weighted by Gasteiger charge is -2.31. The van der Waals surface area contributed by atoms with Gasteiger partial charge in [-0.1, -0.05) is 12.2 Å². The van der Waals surface area contributed by atoms with E-state index < -0.39 is 10.0 Å². The Bertz CT molecular complexity index is 581. The average Bonchev–Trinajstić information content (AvgIpc) is 2.90. The molecule has 2 heterocycles. The molecule has 0 amide bonds. The fourth-order valence-corrected chi connectivity index (χ4v) is 5.23. The molecule has 8 heteroatoms. The van der Waals surface area contributed by atoms with Crippen LogP contribution in [0.1, 0.15) is 24.6 Å². The second-order valence-corrected chi connectivity index (χ2v) is 8.25. The van der Waals surface area contributed by atoms with Crippen LogP contribution in [0, 0.1) is 0 Å². The Hall–Kier alpha value is -0.540. The number of hydrogen-bond acceptors (Lipinski definition) is 5. The van der Waals surface area contributed by atoms with Gasteiger partial charge in [0.2, 0.25) is 0 Å². The summed E-state index contributed by atoms with van der Waals surface area (Å²) in [5, 5.41) is 0. The molecule has 1 aliphatic heterocycles. The van der Waals surface area contributed by atoms with Gasteiger partial charge >= 0.3 is 0 Å². The minimum atomic E-state index is -3.47. The van der Waals surface area contributed by atoms with Crippen molar-refractivity contribution in [2.45, 2.75) is 30.1 Å². The van der Waals surface area contributed by atoms with Gasteiger partial charge in [-0.05, 0) is 31.9 Å². The van der Waals surface area contributed by atoms with Crippen LogP contribution in [0.15, 0.2) is 16.3 Å². The van der Waals surface area contributed by atoms with Crippen LogP contribution >= 0.6 is 23.6 Å². The third kappa shape index (κ3) is 3.37. The number of rotatable bonds is 5. The zero-order chi connectivity index (χ0) is 14.8. The molecule has 0 spiro atoms. The number of ether oxygens (including phenoxy) is 1. The minimum Gasteiger partial charge on any atom is -0.389 e. The summed E-state index contributed by atoms with van der Waals surface area (Å²) in [5.74, 6) is 0. The first-order valence-corrected chi connectivity index (χ1v) is 9.13. The highest BCUT2D eigenvalue weighted by Crippen LogP contribution is 2.27. The lowest BCUT2D eigenvalue weighted by molar-refractivity contribution is 0.0265. The van der Waals surface area contributed by atoms with Crippen molar-refractivity contribution in [2.75, 3.05) is 19.7 Å². The summed E-state index contributed by atoms with van der Waals surface area (Å²) in [5.41, 5.74) is 5.52. The van der Waals surface area contributed by atoms with Crippen molar-refractivity contribution in [1.29, 1.82) is 0 Å². The zero-order valence-corrected chi connectivity index (χ0v) is 13.7. The van der Waals surface area contributed by atoms with Crippen molar-refractivity contribution in [3.63, 3.8) is 0 Å². The highest BCUT2D eigenvalue weighted by molar-refractivity contribution is 7.91. The van der Waals surface area contributed by atoms with Gasteiger partial charge in [0.15, 0.2) is 0 Å². The van der Waals surface area contributed by atoms with E-state index in [1.165, 1.54) is 4.31 Å². The standard InChI is InChI=1S/C12H18N2O3S3/c1-2-17-9-4-3-7-14(8-9)20(15,16)11-6-5-10(19-11)12(13)18/h5-6,9H,2-4,7-8H2,1H3,(H2,13,18). The lowest BCUT2D eigenvalue weighted by atomic mass is 10.1. The maximum atomic E-state index is 12.6. The van der Waals surface area contributed by atoms with Crippen molar-refractivity contribution in [3.8, 4) is 0 Å². The monoisotopic (exact) mass is 334 g/mol. The van der Waals surface area contributed by atoms with Crippen LogP contribution in [0.5, 0.6) is 0 Å². The first-order valence-electron chi connectivity index (χ1n) is 6.46. The Morgan fingerprint density at radius 3 is 2.95 bits per heavy atom. The second kappa shape index (κ2) is 6.48. The first-order chi connectivity index (χ1) is 9.45. The summed E-state index contributed by atoms with van der Waals surface area (Å²) in [4.78, 5) is 0.847. The van der Waals surface area contributed by atoms with Gasteiger partial charge in [-0.3, -0.25) is 0 Å². The number of piperidine rings is 1. The summed E-state index contributed by atoms with van der Waals surface area (Å²) in [6, 6.07) is 3.22. The van der Waals surface area contributed by atoms with Gasteiger partial charge in [0.05, 0.1) is 11.0 Å². The van der Waals surface area contributed by atoms with E-state index in [0.717, 1.165) is 24.2 Å². The maximum absolute atomic E-state index is 12.6. The van der Waals surface area contributed by atoms with Gasteiger partial charge in [0.25, 0.3) is 10.0 Å². The van der Waals surface area contributed by atoms with Gasteiger partial charge in [-0.25, -0.2) is 8.42 Å². The highest BCUT2D eigenvalue weighted by Gasteiger charge is 2.31. The van der Waals surface area contributed by atoms with Gasteiger partial charge in [0.1, 0.15) is 9.20 Å². The molecule has 1 saturated heterocycles. The molecule has 20 heavy (non-hydrogen) atoms. The Balaban J connectivity index is 2.18. The van der Waals surface area contributed by atoms with Gasteiger partial charge < -0.3 is 10.5 Å². The summed E-state index contributed by atoms with van der Waals surface area (Å²) in [6.07, 6.45) is 1.71. The molecule has 0 aromatic carbocycles. The van der Waals surface area contributed by atoms with Crippen molar-refractivity contribution in [1.82, 2.24) is 4.31 Å². The van der Waals surface area contributed by atoms with Crippen LogP contribution < -0.4 is 5.73 Å². The number of thiophene rings is 1. The number of sulfonamides is 1. The third-order valence-corrected chi connectivity index (χ3v) is 6.96. The van der Waals surface area contributed by atoms with Gasteiger partial charge in [-0.2, -0.15) is 4.31 Å². The van der Waals surface area contributed by atoms with Crippen LogP contribution in [0.3, 0.4) is 0 Å². The summed E-state index contributed by atoms with van der Waals surface area (Å²) >= 11 is 5.99. The summed E-state index contributed by atoms with van der Waals surface area (Å²) < 4.78 is 32.5. The van der Waals surface area contributed by atoms with E-state index in [1.54, 1.807) is 12.1 Å². The smallest absolute Gasteiger partial charge is 0.252 e. The molecule has 1 aliphatic rings. The topological polar surface area (TPSA) is 72.6 Å². The molecule has 0 bridgehead atoms. The normalized spacial score (nSPS) is 20.9. The number of hydrogen-bond donors (Lipinski definition) is 1. The third-order valence-electron chi connectivity index (χ3n) is 3.16. The number of nitrogens with two attached hydrogens (primary N) is 1. The molecule has 2 rings (SSSR count). The fraction of sp³-hybridized carbons (Fsp3) is 0.583. The van der Waals surface area contributed by atoms with Gasteiger partial charge in [-0.15, -0.1) is 11.3 Å². The predicted molar refractivity (Wildman–Crippen MR) is 83.6 cm³/mol. The van der Waals surface area contributed by atoms with Crippen LogP contribution in [-0.2, 0) is 14.8 Å². The molecule has 5 nitrogen and oxygen atoms in total. The fourth-order valence-electron chi connectivity index (χ4n) is 2.21. The van der Waals surface area contributed by atoms with Crippen molar-refractivity contribution in [2.24, 2.45) is 5.73 Å². The molecular formula is C12H18N2O3S3. The zero-order valence-electron chi connectivity index (χ0n) is 11.2. The van der Waals surface area contributed by atoms with E-state index in [0.29, 0.717) is 24.6 Å². The predicted octanol–water partition coefficient (Wildman–Crippen LogP) is 1.57. The van der Waals surface area contributed by atoms with E-state index in [9.17, 15) is 8.42 Å². The molecule has 1 atom stereocenters. The first kappa shape index (κ1) is 15.8. The molecule has 0 saturated carbocycles. The van der Waals surface area contributed by atoms with E-state index in [1.807, 2.05) is 6.92 Å². The van der Waals surface area contributed by atoms with Crippen molar-refractivity contribution in [3.05, 3.63) is 17.0 Å². The molecule has 1 aromatic heterocycles. The molecule has 0 aliphatic carbocycles. The highest BCUT2D eigenvalue weighted by atomic mass is 32.2. The van der Waals surface area contributed by atoms with Crippen LogP contribution in [0.2, 0.25) is 0 Å². The SMILES string of the molecule is CCOC1CCCN(S(=O)(=O)c2ccc(C(N)=S)s2)C1. The molecule has 1 unspecified atom stereocenters. The molecule has 0 radical (unpaired) electrons. The Labute approximate surface area is 128 Å². The second-order valence-electron chi connectivity index (χ2n) is 4.57. The largest absolute Gasteiger partial charge is 0.389 e. The lowest BCUT2D eigenvalue weighted by Crippen LogP contribution is -2.42. The summed E-state index contributed by atoms with van der Waals surface area (Å²) in [7, 11) is -3.47. The molecule has 1 aromatic rings. The Morgan fingerprint density at radius 2 is 2.35 bits per heavy atom. The summed E-state index contributed by atoms with van der Waals surface area (Å²) in [6.45, 7) is 3.47. The maximum Gasteiger partial charge on any atom is 0.252 e. The van der Waals surface area contributed by atoms with Crippen LogP contribution in [0.4, 0.5) is 0 Å². The molecule has 2 N–H and O–H groups in total. The van der Waals surface area contributed by atoms with Crippen LogP contribution in [-0.4, -0.2) is 43.5 Å². The number of nitrogens with zero attached hydrogens (tertiary/aromatic N) is 1. The van der Waals surface area contributed by atoms with Crippen molar-refractivity contribution >= 4 is 38.6 Å². The van der Waals surface area contributed by atoms with E-state index in [-0.39, 0.29) is 15.3 Å². The van der Waals surface area contributed by atoms with Gasteiger partial charge in [0, 0.05) is 19.7 Å². The molecular weight excluding hydrogens is 316 g/mol. The molecule has 1 fully saturated rings. The Morgan fingerprint density at radius 1 is 1.60 bits per heavy atom. The minimum absolute atomic E-state index is 0.0152. The van der Waals surface area contributed by atoms with E-state index in [2.05, 4.69) is 0 Å². The van der Waals surface area contributed by atoms with E-state index in [4.69, 9.17) is 22.7 Å².